The van der Waals surface area contributed by atoms with Crippen molar-refractivity contribution in [3.63, 3.8) is 0 Å². The van der Waals surface area contributed by atoms with Gasteiger partial charge in [-0.25, -0.2) is 8.78 Å². The van der Waals surface area contributed by atoms with Crippen LogP contribution in [0.15, 0.2) is 0 Å². The molecule has 0 amide bonds. The molecule has 0 unspecified atom stereocenters. The van der Waals surface area contributed by atoms with Gasteiger partial charge >= 0.3 is 0 Å². The maximum atomic E-state index is 11.4. The minimum absolute atomic E-state index is 0.345. The van der Waals surface area contributed by atoms with Crippen LogP contribution in [0.2, 0.25) is 0 Å². The fraction of sp³-hybridized carbons (Fsp3) is 1.00. The fourth-order valence-electron chi connectivity index (χ4n) is 0.478. The highest BCUT2D eigenvalue weighted by Gasteiger charge is 2.00. The second-order valence-corrected chi connectivity index (χ2v) is 1.81. The van der Waals surface area contributed by atoms with Crippen molar-refractivity contribution in [2.45, 2.75) is 12.8 Å². The van der Waals surface area contributed by atoms with Crippen molar-refractivity contribution in [2.24, 2.45) is 0 Å². The van der Waals surface area contributed by atoms with Crippen LogP contribution in [-0.4, -0.2) is 33.4 Å². The summed E-state index contributed by atoms with van der Waals surface area (Å²) in [6.45, 7) is 0.436. The molecule has 0 aliphatic rings. The lowest BCUT2D eigenvalue weighted by atomic mass is 10.5. The Hall–Kier alpha value is -0.220. The van der Waals surface area contributed by atoms with Crippen LogP contribution in [0.5, 0.6) is 0 Å². The Labute approximate surface area is 59.1 Å². The summed E-state index contributed by atoms with van der Waals surface area (Å²) in [5.74, 6) is 0. The summed E-state index contributed by atoms with van der Waals surface area (Å²) in [6, 6.07) is 0. The van der Waals surface area contributed by atoms with Crippen LogP contribution in [0.4, 0.5) is 8.78 Å². The third-order valence-electron chi connectivity index (χ3n) is 0.881. The van der Waals surface area contributed by atoms with E-state index in [0.717, 1.165) is 0 Å². The lowest BCUT2D eigenvalue weighted by molar-refractivity contribution is 0.0111. The third-order valence-corrected chi connectivity index (χ3v) is 0.881. The van der Waals surface area contributed by atoms with Crippen molar-refractivity contribution in [2.75, 3.05) is 26.9 Å². The highest BCUT2D eigenvalue weighted by molar-refractivity contribution is 4.36. The fourth-order valence-corrected chi connectivity index (χ4v) is 0.478. The smallest absolute Gasteiger partial charge is 0.261 e. The van der Waals surface area contributed by atoms with Gasteiger partial charge in [-0.05, 0) is 6.42 Å². The molecule has 0 rings (SSSR count). The first-order valence-electron chi connectivity index (χ1n) is 3.12. The number of methoxy groups -OCH3 is 1. The average Bonchev–Trinajstić information content (AvgIpc) is 1.87. The van der Waals surface area contributed by atoms with Gasteiger partial charge in [0.25, 0.3) is 6.43 Å². The van der Waals surface area contributed by atoms with Crippen molar-refractivity contribution in [3.05, 3.63) is 0 Å². The molecule has 0 saturated heterocycles. The monoisotopic (exact) mass is 154 g/mol. The molecule has 0 spiro atoms. The summed E-state index contributed by atoms with van der Waals surface area (Å²) < 4.78 is 32.0. The predicted molar refractivity (Wildman–Crippen MR) is 33.3 cm³/mol. The van der Waals surface area contributed by atoms with Crippen LogP contribution in [0.25, 0.3) is 0 Å². The summed E-state index contributed by atoms with van der Waals surface area (Å²) in [5.41, 5.74) is 0. The molecular weight excluding hydrogens is 142 g/mol. The average molecular weight is 154 g/mol. The molecule has 0 radical (unpaired) electrons. The van der Waals surface area contributed by atoms with Gasteiger partial charge in [0.2, 0.25) is 0 Å². The second kappa shape index (κ2) is 6.89. The molecule has 0 N–H and O–H groups in total. The lowest BCUT2D eigenvalue weighted by Gasteiger charge is -2.01. The van der Waals surface area contributed by atoms with E-state index < -0.39 is 13.0 Å². The Bertz CT molecular complexity index is 68.8. The van der Waals surface area contributed by atoms with E-state index in [1.54, 1.807) is 7.11 Å². The van der Waals surface area contributed by atoms with Gasteiger partial charge in [-0.2, -0.15) is 0 Å². The van der Waals surface area contributed by atoms with Crippen molar-refractivity contribution >= 4 is 0 Å². The molecule has 0 aromatic carbocycles. The van der Waals surface area contributed by atoms with Crippen LogP contribution >= 0.6 is 0 Å². The normalized spacial score (nSPS) is 10.8. The van der Waals surface area contributed by atoms with Crippen LogP contribution in [0.1, 0.15) is 6.42 Å². The molecule has 62 valence electrons. The van der Waals surface area contributed by atoms with Crippen LogP contribution < -0.4 is 0 Å². The van der Waals surface area contributed by atoms with E-state index in [-0.39, 0.29) is 0 Å². The van der Waals surface area contributed by atoms with Gasteiger partial charge in [-0.1, -0.05) is 0 Å². The van der Waals surface area contributed by atoms with Crippen LogP contribution in [0.3, 0.4) is 0 Å². The first-order chi connectivity index (χ1) is 4.77. The Morgan fingerprint density at radius 3 is 2.50 bits per heavy atom. The summed E-state index contributed by atoms with van der Waals surface area (Å²) in [7, 11) is 1.56. The van der Waals surface area contributed by atoms with Gasteiger partial charge in [0.1, 0.15) is 6.61 Å². The van der Waals surface area contributed by atoms with Gasteiger partial charge in [0.05, 0.1) is 0 Å². The standard InChI is InChI=1S/C6H12F2O2/c1-9-3-2-4-10-5-6(7)8/h6H,2-5H2,1H3. The second-order valence-electron chi connectivity index (χ2n) is 1.81. The van der Waals surface area contributed by atoms with Crippen LogP contribution in [0, 0.1) is 0 Å². The van der Waals surface area contributed by atoms with Gasteiger partial charge in [0, 0.05) is 20.3 Å². The number of alkyl halides is 2. The minimum atomic E-state index is -2.36. The number of halogens is 2. The molecule has 10 heavy (non-hydrogen) atoms. The maximum Gasteiger partial charge on any atom is 0.261 e. The maximum absolute atomic E-state index is 11.4. The van der Waals surface area contributed by atoms with E-state index in [4.69, 9.17) is 0 Å². The van der Waals surface area contributed by atoms with E-state index >= 15 is 0 Å². The van der Waals surface area contributed by atoms with Gasteiger partial charge in [0.15, 0.2) is 0 Å². The molecule has 4 heteroatoms. The number of rotatable bonds is 6. The zero-order chi connectivity index (χ0) is 7.82. The minimum Gasteiger partial charge on any atom is -0.385 e. The molecule has 0 aliphatic carbocycles. The molecule has 0 aromatic rings. The molecule has 0 bridgehead atoms. The van der Waals surface area contributed by atoms with E-state index in [1.807, 2.05) is 0 Å². The first kappa shape index (κ1) is 9.78. The first-order valence-corrected chi connectivity index (χ1v) is 3.12. The van der Waals surface area contributed by atoms with Crippen molar-refractivity contribution in [1.29, 1.82) is 0 Å². The summed E-state index contributed by atoms with van der Waals surface area (Å²) >= 11 is 0. The zero-order valence-electron chi connectivity index (χ0n) is 5.98. The number of hydrogen-bond acceptors (Lipinski definition) is 2. The molecule has 0 aromatic heterocycles. The molecule has 0 heterocycles. The third kappa shape index (κ3) is 7.78. The van der Waals surface area contributed by atoms with Crippen molar-refractivity contribution in [1.82, 2.24) is 0 Å². The van der Waals surface area contributed by atoms with E-state index in [1.165, 1.54) is 0 Å². The predicted octanol–water partition coefficient (Wildman–Crippen LogP) is 1.30. The van der Waals surface area contributed by atoms with Gasteiger partial charge in [-0.3, -0.25) is 0 Å². The topological polar surface area (TPSA) is 18.5 Å². The molecule has 0 saturated carbocycles. The Morgan fingerprint density at radius 1 is 1.30 bits per heavy atom. The van der Waals surface area contributed by atoms with Crippen molar-refractivity contribution < 1.29 is 18.3 Å². The van der Waals surface area contributed by atoms with E-state index in [9.17, 15) is 8.78 Å². The SMILES string of the molecule is COCCCOCC(F)F. The molecule has 0 atom stereocenters. The number of hydrogen-bond donors (Lipinski definition) is 0. The molecular formula is C6H12F2O2. The van der Waals surface area contributed by atoms with Crippen LogP contribution in [-0.2, 0) is 9.47 Å². The highest BCUT2D eigenvalue weighted by Crippen LogP contribution is 1.93. The van der Waals surface area contributed by atoms with E-state index in [2.05, 4.69) is 9.47 Å². The Balaban J connectivity index is 2.77. The quantitative estimate of drug-likeness (QED) is 0.537. The Kier molecular flexibility index (Phi) is 6.74. The summed E-state index contributed by atoms with van der Waals surface area (Å²) in [4.78, 5) is 0. The number of ether oxygens (including phenoxy) is 2. The van der Waals surface area contributed by atoms with Gasteiger partial charge in [-0.15, -0.1) is 0 Å². The van der Waals surface area contributed by atoms with Crippen molar-refractivity contribution in [3.8, 4) is 0 Å². The Morgan fingerprint density at radius 2 is 2.00 bits per heavy atom. The zero-order valence-corrected chi connectivity index (χ0v) is 5.98. The van der Waals surface area contributed by atoms with E-state index in [0.29, 0.717) is 19.6 Å². The molecule has 2 nitrogen and oxygen atoms in total. The lowest BCUT2D eigenvalue weighted by Crippen LogP contribution is -2.06. The largest absolute Gasteiger partial charge is 0.385 e. The summed E-state index contributed by atoms with van der Waals surface area (Å²) in [6.07, 6.45) is -1.69. The molecule has 0 fully saturated rings. The van der Waals surface area contributed by atoms with Gasteiger partial charge < -0.3 is 9.47 Å². The highest BCUT2D eigenvalue weighted by atomic mass is 19.3. The summed E-state index contributed by atoms with van der Waals surface area (Å²) in [5, 5.41) is 0. The molecule has 0 aliphatic heterocycles.